The predicted octanol–water partition coefficient (Wildman–Crippen LogP) is 5.25. The smallest absolute Gasteiger partial charge is 0.159 e. The Bertz CT molecular complexity index is 800. The molecule has 0 bridgehead atoms. The van der Waals surface area contributed by atoms with Gasteiger partial charge in [0.25, 0.3) is 0 Å². The van der Waals surface area contributed by atoms with Gasteiger partial charge in [0, 0.05) is 9.17 Å². The summed E-state index contributed by atoms with van der Waals surface area (Å²) < 4.78 is 28.8. The molecule has 1 heterocycles. The van der Waals surface area contributed by atoms with Crippen molar-refractivity contribution in [2.45, 2.75) is 6.04 Å². The molecular weight excluding hydrogens is 356 g/mol. The maximum absolute atomic E-state index is 13.5. The highest BCUT2D eigenvalue weighted by atomic mass is 79.9. The summed E-state index contributed by atoms with van der Waals surface area (Å²) in [5.74, 6) is -1.65. The van der Waals surface area contributed by atoms with Gasteiger partial charge in [-0.05, 0) is 63.1 Å². The van der Waals surface area contributed by atoms with Crippen LogP contribution in [-0.2, 0) is 0 Å². The molecule has 0 amide bonds. The van der Waals surface area contributed by atoms with Crippen LogP contribution < -0.4 is 5.32 Å². The Kier molecular flexibility index (Phi) is 4.06. The number of hydrogen-bond donors (Lipinski definition) is 1. The van der Waals surface area contributed by atoms with Crippen molar-refractivity contribution in [3.05, 3.63) is 69.0 Å². The number of fused-ring (bicyclic) bond motifs is 1. The van der Waals surface area contributed by atoms with Gasteiger partial charge in [-0.3, -0.25) is 0 Å². The van der Waals surface area contributed by atoms with Crippen molar-refractivity contribution in [3.63, 3.8) is 0 Å². The quantitative estimate of drug-likeness (QED) is 0.666. The topological polar surface area (TPSA) is 12.0 Å². The van der Waals surface area contributed by atoms with E-state index in [0.717, 1.165) is 20.1 Å². The van der Waals surface area contributed by atoms with Crippen LogP contribution in [0.2, 0.25) is 0 Å². The van der Waals surface area contributed by atoms with Crippen molar-refractivity contribution in [3.8, 4) is 0 Å². The molecule has 1 nitrogen and oxygen atoms in total. The van der Waals surface area contributed by atoms with Crippen molar-refractivity contribution in [2.75, 3.05) is 7.05 Å². The van der Waals surface area contributed by atoms with Gasteiger partial charge in [0.1, 0.15) is 0 Å². The molecule has 1 atom stereocenters. The summed E-state index contributed by atoms with van der Waals surface area (Å²) in [6.07, 6.45) is 0. The van der Waals surface area contributed by atoms with E-state index in [1.54, 1.807) is 17.4 Å². The molecule has 0 spiro atoms. The Morgan fingerprint density at radius 3 is 2.67 bits per heavy atom. The zero-order valence-corrected chi connectivity index (χ0v) is 13.6. The molecule has 3 rings (SSSR count). The summed E-state index contributed by atoms with van der Waals surface area (Å²) >= 11 is 5.17. The van der Waals surface area contributed by atoms with E-state index in [2.05, 4.69) is 26.6 Å². The van der Waals surface area contributed by atoms with Gasteiger partial charge in [0.05, 0.1) is 6.04 Å². The molecule has 108 valence electrons. The normalized spacial score (nSPS) is 12.8. The van der Waals surface area contributed by atoms with Gasteiger partial charge in [0.15, 0.2) is 11.6 Å². The summed E-state index contributed by atoms with van der Waals surface area (Å²) in [6.45, 7) is 0. The van der Waals surface area contributed by atoms with Crippen molar-refractivity contribution >= 4 is 37.4 Å². The average Bonchev–Trinajstić information content (AvgIpc) is 2.89. The predicted molar refractivity (Wildman–Crippen MR) is 86.8 cm³/mol. The van der Waals surface area contributed by atoms with Crippen LogP contribution in [0.3, 0.4) is 0 Å². The summed E-state index contributed by atoms with van der Waals surface area (Å²) in [5, 5.41) is 6.34. The monoisotopic (exact) mass is 367 g/mol. The van der Waals surface area contributed by atoms with Crippen molar-refractivity contribution in [1.29, 1.82) is 0 Å². The van der Waals surface area contributed by atoms with E-state index in [-0.39, 0.29) is 6.04 Å². The Morgan fingerprint density at radius 2 is 1.95 bits per heavy atom. The van der Waals surface area contributed by atoms with Crippen LogP contribution in [0.5, 0.6) is 0 Å². The van der Waals surface area contributed by atoms with E-state index >= 15 is 0 Å². The SMILES string of the molecule is CNC(c1ccc(F)c(F)c1)c1csc2c(Br)cccc12. The molecule has 0 radical (unpaired) electrons. The number of rotatable bonds is 3. The van der Waals surface area contributed by atoms with E-state index in [4.69, 9.17) is 0 Å². The zero-order valence-electron chi connectivity index (χ0n) is 11.2. The number of hydrogen-bond acceptors (Lipinski definition) is 2. The average molecular weight is 368 g/mol. The highest BCUT2D eigenvalue weighted by molar-refractivity contribution is 9.10. The van der Waals surface area contributed by atoms with E-state index in [9.17, 15) is 8.78 Å². The summed E-state index contributed by atoms with van der Waals surface area (Å²) in [4.78, 5) is 0. The van der Waals surface area contributed by atoms with Crippen molar-refractivity contribution in [2.24, 2.45) is 0 Å². The van der Waals surface area contributed by atoms with E-state index in [0.29, 0.717) is 5.56 Å². The molecule has 0 saturated carbocycles. The minimum atomic E-state index is -0.827. The Morgan fingerprint density at radius 1 is 1.14 bits per heavy atom. The van der Waals surface area contributed by atoms with Crippen LogP contribution in [0, 0.1) is 11.6 Å². The first kappa shape index (κ1) is 14.6. The highest BCUT2D eigenvalue weighted by Gasteiger charge is 2.18. The maximum atomic E-state index is 13.5. The molecule has 5 heteroatoms. The summed E-state index contributed by atoms with van der Waals surface area (Å²) in [5.41, 5.74) is 1.76. The third-order valence-electron chi connectivity index (χ3n) is 3.46. The van der Waals surface area contributed by atoms with Gasteiger partial charge < -0.3 is 5.32 Å². The van der Waals surface area contributed by atoms with Gasteiger partial charge in [-0.2, -0.15) is 0 Å². The minimum absolute atomic E-state index is 0.178. The second-order valence-electron chi connectivity index (χ2n) is 4.70. The highest BCUT2D eigenvalue weighted by Crippen LogP contribution is 2.37. The molecule has 1 N–H and O–H groups in total. The van der Waals surface area contributed by atoms with E-state index in [1.807, 2.05) is 25.2 Å². The third-order valence-corrected chi connectivity index (χ3v) is 5.43. The molecular formula is C16H12BrF2NS. The molecule has 1 unspecified atom stereocenters. The van der Waals surface area contributed by atoms with E-state index in [1.165, 1.54) is 12.1 Å². The van der Waals surface area contributed by atoms with Crippen LogP contribution in [0.1, 0.15) is 17.2 Å². The van der Waals surface area contributed by atoms with E-state index < -0.39 is 11.6 Å². The second-order valence-corrected chi connectivity index (χ2v) is 6.44. The lowest BCUT2D eigenvalue weighted by molar-refractivity contribution is 0.505. The Hall–Kier alpha value is -1.30. The van der Waals surface area contributed by atoms with Crippen LogP contribution in [0.15, 0.2) is 46.3 Å². The van der Waals surface area contributed by atoms with Crippen molar-refractivity contribution in [1.82, 2.24) is 5.32 Å². The molecule has 0 aliphatic carbocycles. The summed E-state index contributed by atoms with van der Waals surface area (Å²) in [6, 6.07) is 9.85. The lowest BCUT2D eigenvalue weighted by atomic mass is 9.98. The fourth-order valence-electron chi connectivity index (χ4n) is 2.46. The second kappa shape index (κ2) is 5.83. The van der Waals surface area contributed by atoms with Gasteiger partial charge in [-0.1, -0.05) is 18.2 Å². The number of thiophene rings is 1. The fourth-order valence-corrected chi connectivity index (χ4v) is 4.11. The fraction of sp³-hybridized carbons (Fsp3) is 0.125. The molecule has 1 aromatic heterocycles. The minimum Gasteiger partial charge on any atom is -0.309 e. The van der Waals surface area contributed by atoms with Crippen LogP contribution >= 0.6 is 27.3 Å². The van der Waals surface area contributed by atoms with Crippen LogP contribution in [-0.4, -0.2) is 7.05 Å². The molecule has 0 fully saturated rings. The first-order chi connectivity index (χ1) is 10.1. The molecule has 0 saturated heterocycles. The summed E-state index contributed by atoms with van der Waals surface area (Å²) in [7, 11) is 1.81. The van der Waals surface area contributed by atoms with Crippen molar-refractivity contribution < 1.29 is 8.78 Å². The standard InChI is InChI=1S/C16H12BrF2NS/c1-20-15(9-5-6-13(18)14(19)7-9)11-8-21-16-10(11)3-2-4-12(16)17/h2-8,15,20H,1H3. The molecule has 0 aliphatic heterocycles. The molecule has 21 heavy (non-hydrogen) atoms. The van der Waals surface area contributed by atoms with Crippen LogP contribution in [0.4, 0.5) is 8.78 Å². The number of benzene rings is 2. The molecule has 2 aromatic carbocycles. The third kappa shape index (κ3) is 2.61. The van der Waals surface area contributed by atoms with Gasteiger partial charge in [-0.15, -0.1) is 11.3 Å². The Labute approximate surface area is 133 Å². The Balaban J connectivity index is 2.14. The first-order valence-electron chi connectivity index (χ1n) is 6.39. The number of nitrogens with one attached hydrogen (secondary N) is 1. The largest absolute Gasteiger partial charge is 0.309 e. The molecule has 0 aliphatic rings. The van der Waals surface area contributed by atoms with Gasteiger partial charge in [0.2, 0.25) is 0 Å². The first-order valence-corrected chi connectivity index (χ1v) is 8.07. The van der Waals surface area contributed by atoms with Gasteiger partial charge in [-0.25, -0.2) is 8.78 Å². The zero-order chi connectivity index (χ0) is 15.0. The lowest BCUT2D eigenvalue weighted by Crippen LogP contribution is -2.17. The van der Waals surface area contributed by atoms with Gasteiger partial charge >= 0.3 is 0 Å². The van der Waals surface area contributed by atoms with Crippen LogP contribution in [0.25, 0.3) is 10.1 Å². The number of halogens is 3. The molecule has 3 aromatic rings. The maximum Gasteiger partial charge on any atom is 0.159 e. The lowest BCUT2D eigenvalue weighted by Gasteiger charge is -2.16.